The van der Waals surface area contributed by atoms with Gasteiger partial charge in [0.25, 0.3) is 0 Å². The maximum Gasteiger partial charge on any atom is 0.230 e. The Morgan fingerprint density at radius 2 is 2.18 bits per heavy atom. The molecule has 7 heteroatoms. The minimum atomic E-state index is 0.112. The average molecular weight is 334 g/mol. The van der Waals surface area contributed by atoms with Crippen LogP contribution in [0.4, 0.5) is 0 Å². The fourth-order valence-electron chi connectivity index (χ4n) is 3.08. The summed E-state index contributed by atoms with van der Waals surface area (Å²) >= 11 is 3.28. The molecule has 0 spiro atoms. The van der Waals surface area contributed by atoms with E-state index in [9.17, 15) is 5.11 Å². The van der Waals surface area contributed by atoms with Gasteiger partial charge in [-0.1, -0.05) is 24.3 Å². The summed E-state index contributed by atoms with van der Waals surface area (Å²) in [5.41, 5.74) is 0. The van der Waals surface area contributed by atoms with E-state index in [2.05, 4.69) is 39.4 Å². The lowest BCUT2D eigenvalue weighted by molar-refractivity contribution is 0.159. The average Bonchev–Trinajstić information content (AvgIpc) is 3.23. The predicted molar refractivity (Wildman–Crippen MR) is 88.7 cm³/mol. The number of rotatable bonds is 3. The van der Waals surface area contributed by atoms with Gasteiger partial charge in [-0.05, 0) is 43.3 Å². The summed E-state index contributed by atoms with van der Waals surface area (Å²) in [7, 11) is 0. The molecule has 0 bridgehead atoms. The molecular formula is C15H18N4OS2. The van der Waals surface area contributed by atoms with Crippen LogP contribution in [0.3, 0.4) is 0 Å². The smallest absolute Gasteiger partial charge is 0.230 e. The molecule has 22 heavy (non-hydrogen) atoms. The molecule has 0 radical (unpaired) electrons. The fraction of sp³-hybridized carbons (Fsp3) is 0.467. The third-order valence-corrected chi connectivity index (χ3v) is 6.39. The van der Waals surface area contributed by atoms with Crippen LogP contribution in [0.25, 0.3) is 4.96 Å². The van der Waals surface area contributed by atoms with Gasteiger partial charge in [-0.3, -0.25) is 4.90 Å². The maximum atomic E-state index is 10.6. The topological polar surface area (TPSA) is 53.7 Å². The normalized spacial score (nSPS) is 19.0. The Hall–Kier alpha value is -1.44. The Balaban J connectivity index is 1.77. The fourth-order valence-corrected chi connectivity index (χ4v) is 5.10. The molecule has 0 amide bonds. The molecule has 4 heterocycles. The van der Waals surface area contributed by atoms with E-state index >= 15 is 0 Å². The summed E-state index contributed by atoms with van der Waals surface area (Å²) in [4.78, 5) is 9.67. The second kappa shape index (κ2) is 5.64. The van der Waals surface area contributed by atoms with Gasteiger partial charge in [0.05, 0.1) is 10.9 Å². The van der Waals surface area contributed by atoms with Crippen LogP contribution in [0.5, 0.6) is 5.88 Å². The second-order valence-corrected chi connectivity index (χ2v) is 7.87. The number of likely N-dealkylation sites (tertiary alicyclic amines) is 1. The van der Waals surface area contributed by atoms with Gasteiger partial charge >= 0.3 is 0 Å². The largest absolute Gasteiger partial charge is 0.492 e. The lowest BCUT2D eigenvalue weighted by Gasteiger charge is -2.35. The monoisotopic (exact) mass is 334 g/mol. The van der Waals surface area contributed by atoms with Crippen molar-refractivity contribution in [3.63, 3.8) is 0 Å². The highest BCUT2D eigenvalue weighted by Gasteiger charge is 2.31. The van der Waals surface area contributed by atoms with Crippen LogP contribution in [0.15, 0.2) is 23.8 Å². The summed E-state index contributed by atoms with van der Waals surface area (Å²) < 4.78 is 1.53. The molecule has 1 atom stereocenters. The van der Waals surface area contributed by atoms with E-state index in [-0.39, 0.29) is 11.9 Å². The molecule has 1 fully saturated rings. The van der Waals surface area contributed by atoms with Crippen molar-refractivity contribution in [3.8, 4) is 5.88 Å². The van der Waals surface area contributed by atoms with Gasteiger partial charge < -0.3 is 5.11 Å². The zero-order valence-corrected chi connectivity index (χ0v) is 14.0. The SMILES string of the molecule is CC1CCN(C(c2cccs2)c2sc3ncnn3c2O)CC1. The number of aromatic hydroxyl groups is 1. The Morgan fingerprint density at radius 1 is 1.36 bits per heavy atom. The van der Waals surface area contributed by atoms with E-state index in [0.717, 1.165) is 28.8 Å². The molecule has 1 aliphatic heterocycles. The van der Waals surface area contributed by atoms with Gasteiger partial charge in [-0.15, -0.1) is 11.3 Å². The highest BCUT2D eigenvalue weighted by molar-refractivity contribution is 7.17. The van der Waals surface area contributed by atoms with E-state index < -0.39 is 0 Å². The van der Waals surface area contributed by atoms with E-state index in [4.69, 9.17) is 0 Å². The molecule has 5 nitrogen and oxygen atoms in total. The molecule has 3 aromatic heterocycles. The molecule has 0 aliphatic carbocycles. The zero-order valence-electron chi connectivity index (χ0n) is 12.3. The molecular weight excluding hydrogens is 316 g/mol. The van der Waals surface area contributed by atoms with Gasteiger partial charge in [-0.2, -0.15) is 9.61 Å². The first-order chi connectivity index (χ1) is 10.7. The number of hydrogen-bond acceptors (Lipinski definition) is 6. The molecule has 0 aromatic carbocycles. The molecule has 1 saturated heterocycles. The van der Waals surface area contributed by atoms with Crippen molar-refractivity contribution in [3.05, 3.63) is 33.6 Å². The van der Waals surface area contributed by atoms with E-state index in [1.807, 2.05) is 0 Å². The molecule has 3 aromatic rings. The van der Waals surface area contributed by atoms with Crippen molar-refractivity contribution in [1.82, 2.24) is 19.5 Å². The Bertz CT molecular complexity index is 756. The van der Waals surface area contributed by atoms with Crippen LogP contribution in [0.1, 0.15) is 35.6 Å². The molecule has 1 N–H and O–H groups in total. The van der Waals surface area contributed by atoms with Gasteiger partial charge in [0.1, 0.15) is 6.33 Å². The van der Waals surface area contributed by atoms with E-state index in [0.29, 0.717) is 0 Å². The lowest BCUT2D eigenvalue weighted by atomic mass is 9.97. The summed E-state index contributed by atoms with van der Waals surface area (Å²) in [5, 5.41) is 16.8. The molecule has 1 aliphatic rings. The van der Waals surface area contributed by atoms with Crippen molar-refractivity contribution >= 4 is 27.6 Å². The van der Waals surface area contributed by atoms with Crippen LogP contribution >= 0.6 is 22.7 Å². The van der Waals surface area contributed by atoms with Gasteiger partial charge in [0, 0.05) is 4.88 Å². The number of fused-ring (bicyclic) bond motifs is 1. The number of thiazole rings is 1. The van der Waals surface area contributed by atoms with Gasteiger partial charge in [0.15, 0.2) is 0 Å². The van der Waals surface area contributed by atoms with Gasteiger partial charge in [-0.25, -0.2) is 4.98 Å². The van der Waals surface area contributed by atoms with Crippen LogP contribution < -0.4 is 0 Å². The van der Waals surface area contributed by atoms with Crippen molar-refractivity contribution in [2.24, 2.45) is 5.92 Å². The third-order valence-electron chi connectivity index (χ3n) is 4.38. The Morgan fingerprint density at radius 3 is 2.86 bits per heavy atom. The zero-order chi connectivity index (χ0) is 15.1. The minimum absolute atomic E-state index is 0.112. The van der Waals surface area contributed by atoms with E-state index in [1.54, 1.807) is 11.3 Å². The molecule has 1 unspecified atom stereocenters. The van der Waals surface area contributed by atoms with E-state index in [1.165, 1.54) is 39.9 Å². The van der Waals surface area contributed by atoms with Gasteiger partial charge in [0.2, 0.25) is 10.8 Å². The first kappa shape index (κ1) is 14.2. The standard InChI is InChI=1S/C15H18N4OS2/c1-10-4-6-18(7-5-10)12(11-3-2-8-21-11)13-14(20)19-15(22-13)16-9-17-19/h2-3,8-10,12,20H,4-7H2,1H3. The number of aromatic nitrogens is 3. The van der Waals surface area contributed by atoms with Crippen LogP contribution in [0.2, 0.25) is 0 Å². The molecule has 0 saturated carbocycles. The first-order valence-electron chi connectivity index (χ1n) is 7.53. The maximum absolute atomic E-state index is 10.6. The Kier molecular flexibility index (Phi) is 3.63. The highest BCUT2D eigenvalue weighted by atomic mass is 32.1. The third kappa shape index (κ3) is 2.33. The number of piperidine rings is 1. The van der Waals surface area contributed by atoms with Crippen molar-refractivity contribution in [2.45, 2.75) is 25.8 Å². The minimum Gasteiger partial charge on any atom is -0.492 e. The highest BCUT2D eigenvalue weighted by Crippen LogP contribution is 2.42. The number of thiophene rings is 1. The number of hydrogen-bond donors (Lipinski definition) is 1. The van der Waals surface area contributed by atoms with Crippen LogP contribution in [0, 0.1) is 5.92 Å². The molecule has 4 rings (SSSR count). The van der Waals surface area contributed by atoms with Crippen LogP contribution in [-0.2, 0) is 0 Å². The molecule has 116 valence electrons. The lowest BCUT2D eigenvalue weighted by Crippen LogP contribution is -2.36. The Labute approximate surface area is 136 Å². The summed E-state index contributed by atoms with van der Waals surface area (Å²) in [6, 6.07) is 4.34. The summed E-state index contributed by atoms with van der Waals surface area (Å²) in [6.45, 7) is 4.45. The second-order valence-electron chi connectivity index (χ2n) is 5.88. The first-order valence-corrected chi connectivity index (χ1v) is 9.22. The quantitative estimate of drug-likeness (QED) is 0.798. The van der Waals surface area contributed by atoms with Crippen molar-refractivity contribution in [2.75, 3.05) is 13.1 Å². The number of nitrogens with zero attached hydrogens (tertiary/aromatic N) is 4. The van der Waals surface area contributed by atoms with Crippen LogP contribution in [-0.4, -0.2) is 37.7 Å². The summed E-state index contributed by atoms with van der Waals surface area (Å²) in [6.07, 6.45) is 3.91. The van der Waals surface area contributed by atoms with Crippen molar-refractivity contribution in [1.29, 1.82) is 0 Å². The predicted octanol–water partition coefficient (Wildman–Crippen LogP) is 3.38. The summed E-state index contributed by atoms with van der Waals surface area (Å²) in [5.74, 6) is 1.02. The van der Waals surface area contributed by atoms with Crippen molar-refractivity contribution < 1.29 is 5.11 Å².